The molecule has 0 radical (unpaired) electrons. The van der Waals surface area contributed by atoms with Gasteiger partial charge in [-0.15, -0.1) is 0 Å². The Kier molecular flexibility index (Phi) is 3.91. The molecule has 22 heavy (non-hydrogen) atoms. The van der Waals surface area contributed by atoms with E-state index in [4.69, 9.17) is 5.11 Å². The number of nitrogens with zero attached hydrogens (tertiary/aromatic N) is 2. The van der Waals surface area contributed by atoms with E-state index in [-0.39, 0.29) is 11.5 Å². The first kappa shape index (κ1) is 14.3. The van der Waals surface area contributed by atoms with Crippen molar-refractivity contribution < 1.29 is 14.7 Å². The Morgan fingerprint density at radius 1 is 1.14 bits per heavy atom. The second kappa shape index (κ2) is 6.01. The van der Waals surface area contributed by atoms with Crippen LogP contribution in [-0.4, -0.2) is 26.8 Å². The molecule has 0 atom stereocenters. The monoisotopic (exact) mass is 299 g/mol. The van der Waals surface area contributed by atoms with E-state index in [1.165, 1.54) is 25.0 Å². The van der Waals surface area contributed by atoms with Crippen molar-refractivity contribution in [3.8, 4) is 0 Å². The van der Waals surface area contributed by atoms with Gasteiger partial charge in [0.2, 0.25) is 0 Å². The Hall–Kier alpha value is -2.63. The van der Waals surface area contributed by atoms with Gasteiger partial charge in [0.15, 0.2) is 0 Å². The number of carbonyl (C=O) groups is 2. The van der Waals surface area contributed by atoms with Crippen molar-refractivity contribution in [3.05, 3.63) is 47.8 Å². The lowest BCUT2D eigenvalue weighted by Gasteiger charge is -2.14. The molecular weight excluding hydrogens is 282 g/mol. The molecule has 1 fully saturated rings. The van der Waals surface area contributed by atoms with Crippen molar-refractivity contribution in [3.63, 3.8) is 0 Å². The average molecular weight is 299 g/mol. The molecule has 3 rings (SSSR count). The third kappa shape index (κ3) is 2.86. The van der Waals surface area contributed by atoms with E-state index in [1.807, 2.05) is 0 Å². The van der Waals surface area contributed by atoms with Gasteiger partial charge in [0.05, 0.1) is 11.6 Å². The minimum absolute atomic E-state index is 0.189. The van der Waals surface area contributed by atoms with Crippen LogP contribution in [0.3, 0.4) is 0 Å². The zero-order valence-corrected chi connectivity index (χ0v) is 12.0. The molecule has 6 heteroatoms. The summed E-state index contributed by atoms with van der Waals surface area (Å²) < 4.78 is 1.80. The summed E-state index contributed by atoms with van der Waals surface area (Å²) >= 11 is 0. The molecule has 1 heterocycles. The highest BCUT2D eigenvalue weighted by Gasteiger charge is 2.22. The Bertz CT molecular complexity index is 685. The number of nitrogens with one attached hydrogen (secondary N) is 1. The number of aromatic carboxylic acids is 1. The molecule has 1 saturated carbocycles. The van der Waals surface area contributed by atoms with E-state index < -0.39 is 5.97 Å². The lowest BCUT2D eigenvalue weighted by atomic mass is 10.2. The molecule has 114 valence electrons. The standard InChI is InChI=1S/C16H17N3O3/c20-15(18-12-7-5-11(6-8-12)16(21)22)14-9-10-17-19(14)13-3-1-2-4-13/h5-10,13H,1-4H2,(H,18,20)(H,21,22). The molecule has 1 aliphatic carbocycles. The van der Waals surface area contributed by atoms with Crippen LogP contribution in [0.1, 0.15) is 52.6 Å². The van der Waals surface area contributed by atoms with Crippen molar-refractivity contribution in [2.45, 2.75) is 31.7 Å². The summed E-state index contributed by atoms with van der Waals surface area (Å²) in [5, 5.41) is 15.9. The van der Waals surface area contributed by atoms with Gasteiger partial charge < -0.3 is 10.4 Å². The Labute approximate surface area is 127 Å². The van der Waals surface area contributed by atoms with E-state index in [0.29, 0.717) is 17.4 Å². The summed E-state index contributed by atoms with van der Waals surface area (Å²) in [6, 6.07) is 8.09. The van der Waals surface area contributed by atoms with Crippen molar-refractivity contribution in [1.29, 1.82) is 0 Å². The van der Waals surface area contributed by atoms with Crippen LogP contribution in [0, 0.1) is 0 Å². The summed E-state index contributed by atoms with van der Waals surface area (Å²) in [5.41, 5.74) is 1.29. The van der Waals surface area contributed by atoms with Crippen LogP contribution in [0.5, 0.6) is 0 Å². The van der Waals surface area contributed by atoms with E-state index in [1.54, 1.807) is 29.1 Å². The molecule has 2 aromatic rings. The van der Waals surface area contributed by atoms with Gasteiger partial charge >= 0.3 is 5.97 Å². The van der Waals surface area contributed by atoms with Crippen molar-refractivity contribution in [2.24, 2.45) is 0 Å². The summed E-state index contributed by atoms with van der Waals surface area (Å²) in [7, 11) is 0. The highest BCUT2D eigenvalue weighted by atomic mass is 16.4. The molecule has 0 unspecified atom stereocenters. The smallest absolute Gasteiger partial charge is 0.335 e. The normalized spacial score (nSPS) is 14.9. The number of benzene rings is 1. The zero-order chi connectivity index (χ0) is 15.5. The second-order valence-corrected chi connectivity index (χ2v) is 5.44. The van der Waals surface area contributed by atoms with Gasteiger partial charge in [-0.05, 0) is 43.2 Å². The number of carboxylic acid groups (broad SMARTS) is 1. The van der Waals surface area contributed by atoms with Crippen molar-refractivity contribution in [2.75, 3.05) is 5.32 Å². The van der Waals surface area contributed by atoms with Gasteiger partial charge in [0.25, 0.3) is 5.91 Å². The summed E-state index contributed by atoms with van der Waals surface area (Å²) in [6.45, 7) is 0. The van der Waals surface area contributed by atoms with Gasteiger partial charge in [-0.25, -0.2) is 4.79 Å². The van der Waals surface area contributed by atoms with Gasteiger partial charge in [0, 0.05) is 11.9 Å². The van der Waals surface area contributed by atoms with Crippen LogP contribution in [0.4, 0.5) is 5.69 Å². The van der Waals surface area contributed by atoms with Crippen molar-refractivity contribution >= 4 is 17.6 Å². The average Bonchev–Trinajstić information content (AvgIpc) is 3.18. The topological polar surface area (TPSA) is 84.2 Å². The first-order valence-electron chi connectivity index (χ1n) is 7.33. The number of aromatic nitrogens is 2. The van der Waals surface area contributed by atoms with E-state index in [2.05, 4.69) is 10.4 Å². The van der Waals surface area contributed by atoms with E-state index in [9.17, 15) is 9.59 Å². The van der Waals surface area contributed by atoms with Gasteiger partial charge in [-0.3, -0.25) is 9.48 Å². The quantitative estimate of drug-likeness (QED) is 0.909. The van der Waals surface area contributed by atoms with E-state index >= 15 is 0 Å². The largest absolute Gasteiger partial charge is 0.478 e. The first-order chi connectivity index (χ1) is 10.6. The first-order valence-corrected chi connectivity index (χ1v) is 7.33. The fourth-order valence-electron chi connectivity index (χ4n) is 2.83. The maximum absolute atomic E-state index is 12.4. The van der Waals surface area contributed by atoms with E-state index in [0.717, 1.165) is 12.8 Å². The number of carbonyl (C=O) groups excluding carboxylic acids is 1. The van der Waals surface area contributed by atoms with Crippen LogP contribution < -0.4 is 5.32 Å². The minimum Gasteiger partial charge on any atom is -0.478 e. The molecule has 2 N–H and O–H groups in total. The molecule has 6 nitrogen and oxygen atoms in total. The Morgan fingerprint density at radius 3 is 2.45 bits per heavy atom. The van der Waals surface area contributed by atoms with Crippen LogP contribution in [0.15, 0.2) is 36.5 Å². The maximum Gasteiger partial charge on any atom is 0.335 e. The van der Waals surface area contributed by atoms with Crippen LogP contribution >= 0.6 is 0 Å². The summed E-state index contributed by atoms with van der Waals surface area (Å²) in [4.78, 5) is 23.2. The molecular formula is C16H17N3O3. The minimum atomic E-state index is -0.989. The maximum atomic E-state index is 12.4. The van der Waals surface area contributed by atoms with Crippen molar-refractivity contribution in [1.82, 2.24) is 9.78 Å². The second-order valence-electron chi connectivity index (χ2n) is 5.44. The lowest BCUT2D eigenvalue weighted by Crippen LogP contribution is -2.20. The van der Waals surface area contributed by atoms with Crippen LogP contribution in [-0.2, 0) is 0 Å². The number of amides is 1. The summed E-state index contributed by atoms with van der Waals surface area (Å²) in [5.74, 6) is -1.22. The lowest BCUT2D eigenvalue weighted by molar-refractivity contribution is 0.0696. The predicted molar refractivity (Wildman–Crippen MR) is 81.1 cm³/mol. The number of hydrogen-bond donors (Lipinski definition) is 2. The molecule has 0 bridgehead atoms. The fourth-order valence-corrected chi connectivity index (χ4v) is 2.83. The Balaban J connectivity index is 1.74. The molecule has 0 saturated heterocycles. The highest BCUT2D eigenvalue weighted by Crippen LogP contribution is 2.29. The number of carboxylic acids is 1. The van der Waals surface area contributed by atoms with Gasteiger partial charge in [0.1, 0.15) is 5.69 Å². The number of anilines is 1. The predicted octanol–water partition coefficient (Wildman–Crippen LogP) is 2.95. The molecule has 0 aliphatic heterocycles. The highest BCUT2D eigenvalue weighted by molar-refractivity contribution is 6.03. The van der Waals surface area contributed by atoms with Gasteiger partial charge in [-0.1, -0.05) is 12.8 Å². The molecule has 1 amide bonds. The third-order valence-corrected chi connectivity index (χ3v) is 3.96. The molecule has 1 aromatic heterocycles. The molecule has 1 aromatic carbocycles. The Morgan fingerprint density at radius 2 is 1.82 bits per heavy atom. The summed E-state index contributed by atoms with van der Waals surface area (Å²) in [6.07, 6.45) is 6.08. The molecule has 0 spiro atoms. The SMILES string of the molecule is O=C(O)c1ccc(NC(=O)c2ccnn2C2CCCC2)cc1. The van der Waals surface area contributed by atoms with Crippen LogP contribution in [0.2, 0.25) is 0 Å². The fraction of sp³-hybridized carbons (Fsp3) is 0.312. The third-order valence-electron chi connectivity index (χ3n) is 3.96. The van der Waals surface area contributed by atoms with Gasteiger partial charge in [-0.2, -0.15) is 5.10 Å². The molecule has 1 aliphatic rings. The number of rotatable bonds is 4. The number of hydrogen-bond acceptors (Lipinski definition) is 3. The zero-order valence-electron chi connectivity index (χ0n) is 12.0. The van der Waals surface area contributed by atoms with Crippen LogP contribution in [0.25, 0.3) is 0 Å².